The van der Waals surface area contributed by atoms with Crippen LogP contribution >= 0.6 is 0 Å². The summed E-state index contributed by atoms with van der Waals surface area (Å²) in [6, 6.07) is 5.48. The smallest absolute Gasteiger partial charge is 0.233 e. The maximum Gasteiger partial charge on any atom is 0.233 e. The number of nitrogens with one attached hydrogen (secondary N) is 3. The van der Waals surface area contributed by atoms with Gasteiger partial charge in [-0.3, -0.25) is 0 Å². The molecule has 3 N–H and O–H groups in total. The van der Waals surface area contributed by atoms with Gasteiger partial charge in [-0.1, -0.05) is 38.5 Å². The highest BCUT2D eigenvalue weighted by Gasteiger charge is 2.19. The molecule has 162 valence electrons. The van der Waals surface area contributed by atoms with Gasteiger partial charge in [0.1, 0.15) is 0 Å². The van der Waals surface area contributed by atoms with Crippen molar-refractivity contribution in [1.82, 2.24) is 15.0 Å². The fraction of sp³-hybridized carbons (Fsp3) is 0.591. The molecule has 2 aromatic rings. The van der Waals surface area contributed by atoms with Crippen LogP contribution in [0.5, 0.6) is 5.75 Å². The van der Waals surface area contributed by atoms with Crippen molar-refractivity contribution in [2.75, 3.05) is 23.1 Å². The van der Waals surface area contributed by atoms with E-state index >= 15 is 0 Å². The number of anilines is 4. The van der Waals surface area contributed by atoms with Gasteiger partial charge in [-0.15, -0.1) is 0 Å². The van der Waals surface area contributed by atoms with Crippen LogP contribution in [0.15, 0.2) is 18.2 Å². The molecule has 2 saturated carbocycles. The van der Waals surface area contributed by atoms with Gasteiger partial charge in [0.15, 0.2) is 11.6 Å². The van der Waals surface area contributed by atoms with E-state index in [2.05, 4.69) is 30.9 Å². The van der Waals surface area contributed by atoms with Crippen molar-refractivity contribution in [3.63, 3.8) is 0 Å². The molecule has 0 bridgehead atoms. The molecule has 0 saturated heterocycles. The lowest BCUT2D eigenvalue weighted by Gasteiger charge is -2.18. The summed E-state index contributed by atoms with van der Waals surface area (Å²) in [4.78, 5) is 13.7. The summed E-state index contributed by atoms with van der Waals surface area (Å²) < 4.78 is 19.1. The minimum absolute atomic E-state index is 0.204. The van der Waals surface area contributed by atoms with Crippen LogP contribution in [0.25, 0.3) is 0 Å². The normalized spacial score (nSPS) is 18.1. The molecule has 2 aliphatic carbocycles. The average Bonchev–Trinajstić information content (AvgIpc) is 3.10. The Bertz CT molecular complexity index is 834. The number of hydrogen-bond acceptors (Lipinski definition) is 7. The number of benzene rings is 1. The first-order chi connectivity index (χ1) is 14.7. The molecule has 0 atom stereocenters. The molecule has 1 heterocycles. The van der Waals surface area contributed by atoms with Crippen LogP contribution in [-0.2, 0) is 0 Å². The third kappa shape index (κ3) is 5.49. The lowest BCUT2D eigenvalue weighted by molar-refractivity contribution is 0.386. The quantitative estimate of drug-likeness (QED) is 0.534. The highest BCUT2D eigenvalue weighted by molar-refractivity contribution is 5.57. The second-order valence-corrected chi connectivity index (χ2v) is 8.24. The van der Waals surface area contributed by atoms with Crippen LogP contribution < -0.4 is 20.7 Å². The maximum absolute atomic E-state index is 14.1. The fourth-order valence-corrected chi connectivity index (χ4v) is 4.29. The molecule has 2 aliphatic rings. The first-order valence-electron chi connectivity index (χ1n) is 11.1. The van der Waals surface area contributed by atoms with E-state index in [4.69, 9.17) is 4.74 Å². The average molecular weight is 415 g/mol. The second kappa shape index (κ2) is 9.91. The fourth-order valence-electron chi connectivity index (χ4n) is 4.29. The molecule has 0 aliphatic heterocycles. The Morgan fingerprint density at radius 2 is 1.33 bits per heavy atom. The summed E-state index contributed by atoms with van der Waals surface area (Å²) in [7, 11) is 1.45. The molecule has 0 spiro atoms. The number of nitrogens with zero attached hydrogens (tertiary/aromatic N) is 3. The van der Waals surface area contributed by atoms with E-state index in [1.165, 1.54) is 51.7 Å². The van der Waals surface area contributed by atoms with Gasteiger partial charge < -0.3 is 20.7 Å². The highest BCUT2D eigenvalue weighted by Crippen LogP contribution is 2.26. The number of aromatic nitrogens is 3. The standard InChI is InChI=1S/C22H31FN6O/c1-30-19-13-12-17(14-18(19)23)26-22-28-20(24-15-8-4-2-3-5-9-15)27-21(29-22)25-16-10-6-7-11-16/h12-16H,2-11H2,1H3,(H3,24,25,26,27,28,29). The number of ether oxygens (including phenoxy) is 1. The van der Waals surface area contributed by atoms with Crippen molar-refractivity contribution in [2.24, 2.45) is 0 Å². The van der Waals surface area contributed by atoms with E-state index < -0.39 is 5.82 Å². The molecule has 2 fully saturated rings. The first-order valence-corrected chi connectivity index (χ1v) is 11.1. The van der Waals surface area contributed by atoms with Crippen LogP contribution in [0.2, 0.25) is 0 Å². The Labute approximate surface area is 177 Å². The van der Waals surface area contributed by atoms with Gasteiger partial charge in [0.25, 0.3) is 0 Å². The highest BCUT2D eigenvalue weighted by atomic mass is 19.1. The van der Waals surface area contributed by atoms with Crippen molar-refractivity contribution in [2.45, 2.75) is 76.3 Å². The summed E-state index contributed by atoms with van der Waals surface area (Å²) >= 11 is 0. The SMILES string of the molecule is COc1ccc(Nc2nc(NC3CCCCCC3)nc(NC3CCCC3)n2)cc1F. The molecule has 1 aromatic carbocycles. The van der Waals surface area contributed by atoms with Gasteiger partial charge in [-0.2, -0.15) is 15.0 Å². The van der Waals surface area contributed by atoms with Gasteiger partial charge in [0.2, 0.25) is 17.8 Å². The zero-order valence-corrected chi connectivity index (χ0v) is 17.6. The molecule has 8 heteroatoms. The van der Waals surface area contributed by atoms with Gasteiger partial charge in [-0.05, 0) is 37.8 Å². The molecule has 0 unspecified atom stereocenters. The van der Waals surface area contributed by atoms with Crippen molar-refractivity contribution in [3.05, 3.63) is 24.0 Å². The van der Waals surface area contributed by atoms with Crippen molar-refractivity contribution in [1.29, 1.82) is 0 Å². The summed E-state index contributed by atoms with van der Waals surface area (Å²) in [5.74, 6) is 1.29. The van der Waals surface area contributed by atoms with E-state index in [0.29, 0.717) is 35.6 Å². The molecular weight excluding hydrogens is 383 g/mol. The van der Waals surface area contributed by atoms with Crippen molar-refractivity contribution < 1.29 is 9.13 Å². The predicted molar refractivity (Wildman–Crippen MR) is 117 cm³/mol. The third-order valence-electron chi connectivity index (χ3n) is 5.92. The van der Waals surface area contributed by atoms with Crippen LogP contribution in [0, 0.1) is 5.82 Å². The lowest BCUT2D eigenvalue weighted by Crippen LogP contribution is -2.22. The molecule has 7 nitrogen and oxygen atoms in total. The Morgan fingerprint density at radius 1 is 0.800 bits per heavy atom. The van der Waals surface area contributed by atoms with Crippen LogP contribution in [0.1, 0.15) is 64.2 Å². The predicted octanol–water partition coefficient (Wildman–Crippen LogP) is 5.25. The Hall–Kier alpha value is -2.64. The first kappa shape index (κ1) is 20.6. The number of halogens is 1. The van der Waals surface area contributed by atoms with E-state index in [9.17, 15) is 4.39 Å². The summed E-state index contributed by atoms with van der Waals surface area (Å²) in [5.41, 5.74) is 0.562. The van der Waals surface area contributed by atoms with Crippen LogP contribution in [0.4, 0.5) is 27.9 Å². The van der Waals surface area contributed by atoms with E-state index in [0.717, 1.165) is 25.7 Å². The number of rotatable bonds is 7. The van der Waals surface area contributed by atoms with E-state index in [-0.39, 0.29) is 5.75 Å². The Balaban J connectivity index is 1.54. The van der Waals surface area contributed by atoms with Crippen molar-refractivity contribution >= 4 is 23.5 Å². The lowest BCUT2D eigenvalue weighted by atomic mass is 10.1. The molecule has 30 heavy (non-hydrogen) atoms. The summed E-state index contributed by atoms with van der Waals surface area (Å²) in [6.07, 6.45) is 12.0. The number of methoxy groups -OCH3 is 1. The van der Waals surface area contributed by atoms with Crippen LogP contribution in [-0.4, -0.2) is 34.1 Å². The van der Waals surface area contributed by atoms with Gasteiger partial charge in [0, 0.05) is 23.8 Å². The summed E-state index contributed by atoms with van der Waals surface area (Å²) in [5, 5.41) is 10.1. The Kier molecular flexibility index (Phi) is 6.81. The van der Waals surface area contributed by atoms with E-state index in [1.807, 2.05) is 0 Å². The molecule has 4 rings (SSSR count). The zero-order valence-electron chi connectivity index (χ0n) is 17.6. The molecular formula is C22H31FN6O. The maximum atomic E-state index is 14.1. The Morgan fingerprint density at radius 3 is 1.87 bits per heavy atom. The van der Waals surface area contributed by atoms with Crippen molar-refractivity contribution in [3.8, 4) is 5.75 Å². The molecule has 0 amide bonds. The van der Waals surface area contributed by atoms with Crippen LogP contribution in [0.3, 0.4) is 0 Å². The molecule has 0 radical (unpaired) electrons. The monoisotopic (exact) mass is 414 g/mol. The molecule has 1 aromatic heterocycles. The van der Waals surface area contributed by atoms with Gasteiger partial charge >= 0.3 is 0 Å². The third-order valence-corrected chi connectivity index (χ3v) is 5.92. The van der Waals surface area contributed by atoms with Gasteiger partial charge in [-0.25, -0.2) is 4.39 Å². The number of hydrogen-bond donors (Lipinski definition) is 3. The topological polar surface area (TPSA) is 84.0 Å². The second-order valence-electron chi connectivity index (χ2n) is 8.24. The van der Waals surface area contributed by atoms with E-state index in [1.54, 1.807) is 12.1 Å². The largest absolute Gasteiger partial charge is 0.494 e. The minimum Gasteiger partial charge on any atom is -0.494 e. The van der Waals surface area contributed by atoms with Gasteiger partial charge in [0.05, 0.1) is 7.11 Å². The minimum atomic E-state index is -0.433. The summed E-state index contributed by atoms with van der Waals surface area (Å²) in [6.45, 7) is 0. The zero-order chi connectivity index (χ0) is 20.8.